The molecule has 0 radical (unpaired) electrons. The lowest BCUT2D eigenvalue weighted by molar-refractivity contribution is -0.656. The smallest absolute Gasteiger partial charge is 0.316 e. The summed E-state index contributed by atoms with van der Waals surface area (Å²) < 4.78 is 13.2. The van der Waals surface area contributed by atoms with Crippen molar-refractivity contribution in [2.24, 2.45) is 0 Å². The summed E-state index contributed by atoms with van der Waals surface area (Å²) in [5.41, 5.74) is 2.05. The number of aryl methyl sites for hydroxylation is 1. The molecule has 2 aliphatic rings. The van der Waals surface area contributed by atoms with E-state index in [0.717, 1.165) is 53.1 Å². The Kier molecular flexibility index (Phi) is 5.25. The van der Waals surface area contributed by atoms with Crippen LogP contribution < -0.4 is 14.4 Å². The summed E-state index contributed by atoms with van der Waals surface area (Å²) in [5.74, 6) is 2.58. The number of hydrogen-bond acceptors (Lipinski definition) is 5. The fraction of sp³-hybridized carbons (Fsp3) is 0.409. The molecule has 0 aromatic heterocycles. The Bertz CT molecular complexity index is 897. The maximum absolute atomic E-state index is 11.8. The van der Waals surface area contributed by atoms with E-state index >= 15 is 0 Å². The number of rotatable bonds is 5. The van der Waals surface area contributed by atoms with Crippen molar-refractivity contribution in [1.82, 2.24) is 0 Å². The highest BCUT2D eigenvalue weighted by molar-refractivity contribution is 8.13. The highest BCUT2D eigenvalue weighted by Crippen LogP contribution is 2.41. The number of nitrogens with zero attached hydrogens (tertiary/aromatic N) is 2. The molecule has 28 heavy (non-hydrogen) atoms. The maximum atomic E-state index is 11.8. The molecule has 2 aliphatic heterocycles. The van der Waals surface area contributed by atoms with Crippen LogP contribution in [0.1, 0.15) is 24.5 Å². The second kappa shape index (κ2) is 7.68. The normalized spacial score (nSPS) is 21.6. The lowest BCUT2D eigenvalue weighted by atomic mass is 9.99. The van der Waals surface area contributed by atoms with Gasteiger partial charge in [-0.25, -0.2) is 9.48 Å². The summed E-state index contributed by atoms with van der Waals surface area (Å²) in [6.07, 6.45) is 2.04. The van der Waals surface area contributed by atoms with Crippen LogP contribution in [0.3, 0.4) is 0 Å². The summed E-state index contributed by atoms with van der Waals surface area (Å²) in [7, 11) is 3.34. The number of ether oxygens (including phenoxy) is 2. The maximum Gasteiger partial charge on any atom is 0.316 e. The number of benzene rings is 2. The standard InChI is InChI=1S/C22H27N2O3S/c1-4-16-6-8-17(9-7-16)22(25)15-23(21-24(22)12-5-13-28-21)19-14-18(26-2)10-11-20(19)27-3/h6-11,14,25H,4-5,12-13,15H2,1-3H3/q+1/t22-/m1/s1. The average Bonchev–Trinajstić information content (AvgIpc) is 3.07. The SMILES string of the molecule is CCc1ccc([C@]2(O)CN(c3cc(OC)ccc3OC)C3=[N+]2CCCS3)cc1. The van der Waals surface area contributed by atoms with Crippen LogP contribution in [-0.4, -0.2) is 47.9 Å². The first kappa shape index (κ1) is 19.2. The predicted octanol–water partition coefficient (Wildman–Crippen LogP) is 3.44. The molecule has 4 rings (SSSR count). The van der Waals surface area contributed by atoms with Gasteiger partial charge in [-0.05, 0) is 42.3 Å². The Morgan fingerprint density at radius 1 is 1.14 bits per heavy atom. The fourth-order valence-corrected chi connectivity index (χ4v) is 5.12. The van der Waals surface area contributed by atoms with E-state index in [-0.39, 0.29) is 0 Å². The minimum Gasteiger partial charge on any atom is -0.497 e. The van der Waals surface area contributed by atoms with Gasteiger partial charge in [0.25, 0.3) is 5.72 Å². The fourth-order valence-electron chi connectivity index (χ4n) is 3.95. The summed E-state index contributed by atoms with van der Waals surface area (Å²) in [6.45, 7) is 3.42. The molecule has 0 fully saturated rings. The van der Waals surface area contributed by atoms with Crippen molar-refractivity contribution < 1.29 is 19.2 Å². The molecule has 0 unspecified atom stereocenters. The Hall–Kier alpha value is -2.18. The summed E-state index contributed by atoms with van der Waals surface area (Å²) >= 11 is 1.79. The number of thioether (sulfide) groups is 1. The summed E-state index contributed by atoms with van der Waals surface area (Å²) in [4.78, 5) is 2.17. The number of aliphatic hydroxyl groups is 1. The van der Waals surface area contributed by atoms with Crippen LogP contribution in [0.4, 0.5) is 5.69 Å². The molecule has 0 saturated heterocycles. The minimum atomic E-state index is -1.07. The monoisotopic (exact) mass is 399 g/mol. The number of amidine groups is 1. The van der Waals surface area contributed by atoms with E-state index in [1.807, 2.05) is 18.2 Å². The average molecular weight is 400 g/mol. The second-order valence-corrected chi connectivity index (χ2v) is 8.19. The van der Waals surface area contributed by atoms with Crippen LogP contribution in [0.2, 0.25) is 0 Å². The first-order valence-corrected chi connectivity index (χ1v) is 10.7. The minimum absolute atomic E-state index is 0.449. The second-order valence-electron chi connectivity index (χ2n) is 7.13. The molecule has 0 amide bonds. The van der Waals surface area contributed by atoms with Crippen molar-refractivity contribution >= 4 is 22.6 Å². The third kappa shape index (κ3) is 3.14. The van der Waals surface area contributed by atoms with Gasteiger partial charge in [0.2, 0.25) is 0 Å². The zero-order valence-electron chi connectivity index (χ0n) is 16.6. The quantitative estimate of drug-likeness (QED) is 0.781. The van der Waals surface area contributed by atoms with Crippen molar-refractivity contribution in [1.29, 1.82) is 0 Å². The van der Waals surface area contributed by atoms with Gasteiger partial charge in [-0.2, -0.15) is 0 Å². The van der Waals surface area contributed by atoms with Gasteiger partial charge < -0.3 is 14.6 Å². The van der Waals surface area contributed by atoms with E-state index in [4.69, 9.17) is 9.47 Å². The Balaban J connectivity index is 1.80. The molecule has 0 bridgehead atoms. The molecule has 0 aliphatic carbocycles. The van der Waals surface area contributed by atoms with E-state index in [2.05, 4.69) is 40.7 Å². The topological polar surface area (TPSA) is 44.9 Å². The van der Waals surface area contributed by atoms with Crippen molar-refractivity contribution in [3.05, 3.63) is 53.6 Å². The number of anilines is 1. The molecule has 5 nitrogen and oxygen atoms in total. The zero-order chi connectivity index (χ0) is 19.7. The highest BCUT2D eigenvalue weighted by atomic mass is 32.2. The first-order chi connectivity index (χ1) is 13.6. The van der Waals surface area contributed by atoms with Gasteiger partial charge in [-0.3, -0.25) is 0 Å². The lowest BCUT2D eigenvalue weighted by Crippen LogP contribution is -2.41. The largest absolute Gasteiger partial charge is 0.497 e. The van der Waals surface area contributed by atoms with Gasteiger partial charge in [-0.1, -0.05) is 31.2 Å². The Labute approximate surface area is 170 Å². The number of β-amino-alcohol motifs (C(OH)–C–C–N with tert-alkyl or cyclic N) is 1. The molecule has 0 spiro atoms. The molecule has 2 aromatic rings. The van der Waals surface area contributed by atoms with E-state index in [1.54, 1.807) is 26.0 Å². The summed E-state index contributed by atoms with van der Waals surface area (Å²) in [6, 6.07) is 14.1. The molecule has 2 heterocycles. The summed E-state index contributed by atoms with van der Waals surface area (Å²) in [5, 5.41) is 12.9. The molecular weight excluding hydrogens is 372 g/mol. The van der Waals surface area contributed by atoms with Crippen molar-refractivity contribution in [2.45, 2.75) is 25.5 Å². The predicted molar refractivity (Wildman–Crippen MR) is 114 cm³/mol. The van der Waals surface area contributed by atoms with E-state index < -0.39 is 5.72 Å². The van der Waals surface area contributed by atoms with Crippen LogP contribution >= 0.6 is 11.8 Å². The van der Waals surface area contributed by atoms with Gasteiger partial charge in [0.05, 0.1) is 20.8 Å². The van der Waals surface area contributed by atoms with Crippen molar-refractivity contribution in [3.8, 4) is 11.5 Å². The van der Waals surface area contributed by atoms with Crippen LogP contribution in [0.5, 0.6) is 11.5 Å². The first-order valence-electron chi connectivity index (χ1n) is 9.69. The van der Waals surface area contributed by atoms with Crippen LogP contribution in [0.25, 0.3) is 0 Å². The van der Waals surface area contributed by atoms with E-state index in [1.165, 1.54) is 5.56 Å². The molecule has 0 saturated carbocycles. The van der Waals surface area contributed by atoms with Gasteiger partial charge in [0.15, 0.2) is 18.0 Å². The Morgan fingerprint density at radius 3 is 2.61 bits per heavy atom. The van der Waals surface area contributed by atoms with Crippen LogP contribution in [-0.2, 0) is 12.1 Å². The molecule has 2 aromatic carbocycles. The van der Waals surface area contributed by atoms with Crippen LogP contribution in [0, 0.1) is 0 Å². The van der Waals surface area contributed by atoms with Gasteiger partial charge >= 0.3 is 5.17 Å². The zero-order valence-corrected chi connectivity index (χ0v) is 17.5. The number of methoxy groups -OCH3 is 2. The highest BCUT2D eigenvalue weighted by Gasteiger charge is 2.53. The third-order valence-corrected chi connectivity index (χ3v) is 6.74. The van der Waals surface area contributed by atoms with E-state index in [0.29, 0.717) is 6.54 Å². The molecule has 148 valence electrons. The van der Waals surface area contributed by atoms with Gasteiger partial charge in [0.1, 0.15) is 5.75 Å². The third-order valence-electron chi connectivity index (χ3n) is 5.55. The van der Waals surface area contributed by atoms with Crippen LogP contribution in [0.15, 0.2) is 42.5 Å². The van der Waals surface area contributed by atoms with Crippen molar-refractivity contribution in [2.75, 3.05) is 38.0 Å². The molecular formula is C22H27N2O3S+. The van der Waals surface area contributed by atoms with Crippen molar-refractivity contribution in [3.63, 3.8) is 0 Å². The Morgan fingerprint density at radius 2 is 1.93 bits per heavy atom. The van der Waals surface area contributed by atoms with Gasteiger partial charge in [0, 0.05) is 17.4 Å². The van der Waals surface area contributed by atoms with E-state index in [9.17, 15) is 5.11 Å². The molecule has 6 heteroatoms. The lowest BCUT2D eigenvalue weighted by Gasteiger charge is -2.24. The number of hydrogen-bond donors (Lipinski definition) is 1. The molecule has 1 N–H and O–H groups in total. The van der Waals surface area contributed by atoms with Gasteiger partial charge in [-0.15, -0.1) is 0 Å². The molecule has 1 atom stereocenters.